The van der Waals surface area contributed by atoms with Crippen LogP contribution in [0.15, 0.2) is 30.3 Å². The molecule has 4 rings (SSSR count). The first-order valence-corrected chi connectivity index (χ1v) is 8.35. The van der Waals surface area contributed by atoms with Gasteiger partial charge >= 0.3 is 0 Å². The Hall–Kier alpha value is -3.01. The van der Waals surface area contributed by atoms with Gasteiger partial charge in [-0.05, 0) is 36.8 Å². The number of hydrogen-bond donors (Lipinski definition) is 1. The molecule has 2 atom stereocenters. The Morgan fingerprint density at radius 3 is 2.88 bits per heavy atom. The Morgan fingerprint density at radius 2 is 2.16 bits per heavy atom. The maximum absolute atomic E-state index is 12.9. The van der Waals surface area contributed by atoms with Crippen molar-refractivity contribution in [3.8, 4) is 23.2 Å². The summed E-state index contributed by atoms with van der Waals surface area (Å²) in [5.41, 5.74) is 2.14. The van der Waals surface area contributed by atoms with Gasteiger partial charge in [-0.25, -0.2) is 0 Å². The van der Waals surface area contributed by atoms with Crippen molar-refractivity contribution < 1.29 is 9.53 Å². The van der Waals surface area contributed by atoms with E-state index in [4.69, 9.17) is 10.00 Å². The standard InChI is InChI=1S/C18H19N5O2/c1-25-14-4-2-12(3-5-14)15-8-16(21-20-15)18(24)23-7-6-13-9-22(11-19)10-17(13)23/h2-5,8,13,17H,6-7,9-10H2,1H3,(H,20,21). The van der Waals surface area contributed by atoms with Gasteiger partial charge in [0.15, 0.2) is 6.19 Å². The SMILES string of the molecule is COc1ccc(-c2cc(C(=O)N3CCC4CN(C#N)CC43)[nH]n2)cc1. The monoisotopic (exact) mass is 337 g/mol. The Kier molecular flexibility index (Phi) is 3.80. The first kappa shape index (κ1) is 15.5. The van der Waals surface area contributed by atoms with Gasteiger partial charge in [-0.2, -0.15) is 10.4 Å². The van der Waals surface area contributed by atoms with Crippen molar-refractivity contribution in [1.29, 1.82) is 5.26 Å². The molecule has 2 aliphatic rings. The molecule has 0 aliphatic carbocycles. The molecule has 2 aromatic rings. The molecule has 25 heavy (non-hydrogen) atoms. The minimum atomic E-state index is -0.0421. The number of H-pyrrole nitrogens is 1. The molecule has 1 aromatic carbocycles. The van der Waals surface area contributed by atoms with Gasteiger partial charge < -0.3 is 14.5 Å². The number of hydrogen-bond acceptors (Lipinski definition) is 5. The number of fused-ring (bicyclic) bond motifs is 1. The number of nitriles is 1. The fraction of sp³-hybridized carbons (Fsp3) is 0.389. The van der Waals surface area contributed by atoms with Crippen LogP contribution in [0.1, 0.15) is 16.9 Å². The molecular weight excluding hydrogens is 318 g/mol. The third-order valence-corrected chi connectivity index (χ3v) is 5.14. The Labute approximate surface area is 145 Å². The Bertz CT molecular complexity index is 823. The van der Waals surface area contributed by atoms with Crippen LogP contribution in [0.5, 0.6) is 5.75 Å². The van der Waals surface area contributed by atoms with Crippen molar-refractivity contribution in [3.05, 3.63) is 36.0 Å². The zero-order valence-corrected chi connectivity index (χ0v) is 14.0. The van der Waals surface area contributed by atoms with E-state index in [1.165, 1.54) is 0 Å². The first-order valence-electron chi connectivity index (χ1n) is 8.35. The fourth-order valence-corrected chi connectivity index (χ4v) is 3.79. The maximum atomic E-state index is 12.9. The highest BCUT2D eigenvalue weighted by molar-refractivity contribution is 5.94. The van der Waals surface area contributed by atoms with E-state index >= 15 is 0 Å². The van der Waals surface area contributed by atoms with Gasteiger partial charge in [-0.15, -0.1) is 0 Å². The van der Waals surface area contributed by atoms with Gasteiger partial charge in [-0.1, -0.05) is 0 Å². The zero-order valence-electron chi connectivity index (χ0n) is 14.0. The van der Waals surface area contributed by atoms with Crippen molar-refractivity contribution in [3.63, 3.8) is 0 Å². The van der Waals surface area contributed by atoms with Crippen LogP contribution in [-0.4, -0.2) is 58.7 Å². The highest BCUT2D eigenvalue weighted by Gasteiger charge is 2.43. The van der Waals surface area contributed by atoms with E-state index in [1.807, 2.05) is 29.2 Å². The van der Waals surface area contributed by atoms with Gasteiger partial charge in [-0.3, -0.25) is 9.89 Å². The Balaban J connectivity index is 1.52. The van der Waals surface area contributed by atoms with Crippen molar-refractivity contribution >= 4 is 5.91 Å². The van der Waals surface area contributed by atoms with Crippen molar-refractivity contribution in [1.82, 2.24) is 20.0 Å². The van der Waals surface area contributed by atoms with E-state index in [0.717, 1.165) is 36.5 Å². The number of aromatic nitrogens is 2. The fourth-order valence-electron chi connectivity index (χ4n) is 3.79. The number of rotatable bonds is 3. The second kappa shape index (κ2) is 6.13. The minimum Gasteiger partial charge on any atom is -0.497 e. The van der Waals surface area contributed by atoms with Crippen molar-refractivity contribution in [2.24, 2.45) is 5.92 Å². The number of amides is 1. The molecule has 2 aliphatic heterocycles. The molecule has 0 saturated carbocycles. The molecule has 1 amide bonds. The van der Waals surface area contributed by atoms with Crippen LogP contribution < -0.4 is 4.74 Å². The van der Waals surface area contributed by atoms with Crippen LogP contribution in [0.4, 0.5) is 0 Å². The van der Waals surface area contributed by atoms with E-state index in [1.54, 1.807) is 18.1 Å². The number of methoxy groups -OCH3 is 1. The molecule has 0 bridgehead atoms. The lowest BCUT2D eigenvalue weighted by Gasteiger charge is -2.23. The number of carbonyl (C=O) groups excluding carboxylic acids is 1. The van der Waals surface area contributed by atoms with Crippen molar-refractivity contribution in [2.75, 3.05) is 26.7 Å². The number of nitrogens with zero attached hydrogens (tertiary/aromatic N) is 4. The summed E-state index contributed by atoms with van der Waals surface area (Å²) < 4.78 is 5.16. The molecule has 1 N–H and O–H groups in total. The van der Waals surface area contributed by atoms with Crippen LogP contribution in [0.2, 0.25) is 0 Å². The van der Waals surface area contributed by atoms with Crippen LogP contribution in [0, 0.1) is 17.4 Å². The number of likely N-dealkylation sites (tertiary alicyclic amines) is 2. The average molecular weight is 337 g/mol. The lowest BCUT2D eigenvalue weighted by molar-refractivity contribution is 0.0725. The molecule has 0 spiro atoms. The molecule has 2 unspecified atom stereocenters. The van der Waals surface area contributed by atoms with Gasteiger partial charge in [0.05, 0.1) is 18.8 Å². The summed E-state index contributed by atoms with van der Waals surface area (Å²) in [6.45, 7) is 2.13. The highest BCUT2D eigenvalue weighted by atomic mass is 16.5. The number of nitrogens with one attached hydrogen (secondary N) is 1. The first-order chi connectivity index (χ1) is 12.2. The summed E-state index contributed by atoms with van der Waals surface area (Å²) >= 11 is 0. The lowest BCUT2D eigenvalue weighted by Crippen LogP contribution is -2.39. The summed E-state index contributed by atoms with van der Waals surface area (Å²) in [6, 6.07) is 9.47. The third-order valence-electron chi connectivity index (χ3n) is 5.14. The maximum Gasteiger partial charge on any atom is 0.272 e. The summed E-state index contributed by atoms with van der Waals surface area (Å²) in [5.74, 6) is 1.13. The van der Waals surface area contributed by atoms with Gasteiger partial charge in [0.2, 0.25) is 0 Å². The van der Waals surface area contributed by atoms with Crippen LogP contribution in [0.3, 0.4) is 0 Å². The van der Waals surface area contributed by atoms with E-state index in [0.29, 0.717) is 18.2 Å². The van der Waals surface area contributed by atoms with E-state index in [9.17, 15) is 4.79 Å². The summed E-state index contributed by atoms with van der Waals surface area (Å²) in [7, 11) is 1.63. The molecule has 2 saturated heterocycles. The van der Waals surface area contributed by atoms with Crippen LogP contribution >= 0.6 is 0 Å². The van der Waals surface area contributed by atoms with Crippen LogP contribution in [0.25, 0.3) is 11.3 Å². The summed E-state index contributed by atoms with van der Waals surface area (Å²) in [4.78, 5) is 16.5. The lowest BCUT2D eigenvalue weighted by atomic mass is 10.1. The molecule has 128 valence electrons. The van der Waals surface area contributed by atoms with E-state index < -0.39 is 0 Å². The zero-order chi connectivity index (χ0) is 17.4. The third kappa shape index (κ3) is 2.70. The van der Waals surface area contributed by atoms with Gasteiger partial charge in [0.25, 0.3) is 5.91 Å². The Morgan fingerprint density at radius 1 is 1.36 bits per heavy atom. The molecule has 3 heterocycles. The second-order valence-corrected chi connectivity index (χ2v) is 6.51. The van der Waals surface area contributed by atoms with Crippen LogP contribution in [-0.2, 0) is 0 Å². The topological polar surface area (TPSA) is 85.2 Å². The number of carbonyl (C=O) groups is 1. The molecular formula is C18H19N5O2. The molecule has 0 radical (unpaired) electrons. The normalized spacial score (nSPS) is 21.9. The number of aromatic amines is 1. The van der Waals surface area contributed by atoms with E-state index in [-0.39, 0.29) is 11.9 Å². The number of ether oxygens (including phenoxy) is 1. The quantitative estimate of drug-likeness (QED) is 0.862. The van der Waals surface area contributed by atoms with Crippen molar-refractivity contribution in [2.45, 2.75) is 12.5 Å². The minimum absolute atomic E-state index is 0.0421. The summed E-state index contributed by atoms with van der Waals surface area (Å²) in [5, 5.41) is 16.2. The molecule has 7 heteroatoms. The molecule has 2 fully saturated rings. The number of benzene rings is 1. The molecule has 1 aromatic heterocycles. The van der Waals surface area contributed by atoms with Gasteiger partial charge in [0.1, 0.15) is 11.4 Å². The predicted octanol–water partition coefficient (Wildman–Crippen LogP) is 1.71. The molecule has 7 nitrogen and oxygen atoms in total. The highest BCUT2D eigenvalue weighted by Crippen LogP contribution is 2.32. The second-order valence-electron chi connectivity index (χ2n) is 6.51. The van der Waals surface area contributed by atoms with E-state index in [2.05, 4.69) is 16.4 Å². The predicted molar refractivity (Wildman–Crippen MR) is 90.7 cm³/mol. The average Bonchev–Trinajstić information content (AvgIpc) is 3.36. The summed E-state index contributed by atoms with van der Waals surface area (Å²) in [6.07, 6.45) is 3.14. The largest absolute Gasteiger partial charge is 0.497 e. The van der Waals surface area contributed by atoms with Gasteiger partial charge in [0, 0.05) is 31.1 Å². The smallest absolute Gasteiger partial charge is 0.272 e.